The van der Waals surface area contributed by atoms with Gasteiger partial charge in [0, 0.05) is 12.2 Å². The third-order valence-electron chi connectivity index (χ3n) is 2.19. The molecule has 5 heteroatoms. The summed E-state index contributed by atoms with van der Waals surface area (Å²) in [4.78, 5) is 10.5. The first kappa shape index (κ1) is 12.3. The molecule has 0 amide bonds. The van der Waals surface area contributed by atoms with Gasteiger partial charge in [0.25, 0.3) is 0 Å². The summed E-state index contributed by atoms with van der Waals surface area (Å²) < 4.78 is 5.02. The highest BCUT2D eigenvalue weighted by Gasteiger charge is 2.09. The number of carbonyl (C=O) groups is 1. The Morgan fingerprint density at radius 3 is 2.62 bits per heavy atom. The molecule has 16 heavy (non-hydrogen) atoms. The van der Waals surface area contributed by atoms with Crippen molar-refractivity contribution >= 4 is 11.7 Å². The second-order valence-corrected chi connectivity index (χ2v) is 3.39. The molecule has 0 fully saturated rings. The van der Waals surface area contributed by atoms with Crippen molar-refractivity contribution in [2.45, 2.75) is 12.5 Å². The molecule has 0 heterocycles. The first-order valence-electron chi connectivity index (χ1n) is 5.00. The summed E-state index contributed by atoms with van der Waals surface area (Å²) >= 11 is 0. The maximum Gasteiger partial charge on any atom is 0.320 e. The van der Waals surface area contributed by atoms with Gasteiger partial charge in [-0.2, -0.15) is 0 Å². The topological polar surface area (TPSA) is 84.6 Å². The van der Waals surface area contributed by atoms with Crippen molar-refractivity contribution in [2.24, 2.45) is 5.73 Å². The first-order chi connectivity index (χ1) is 7.63. The molecule has 1 aromatic carbocycles. The second-order valence-electron chi connectivity index (χ2n) is 3.39. The molecule has 88 valence electrons. The summed E-state index contributed by atoms with van der Waals surface area (Å²) in [6, 6.07) is 6.58. The van der Waals surface area contributed by atoms with Crippen LogP contribution in [0.1, 0.15) is 6.42 Å². The van der Waals surface area contributed by atoms with E-state index in [1.807, 2.05) is 24.3 Å². The van der Waals surface area contributed by atoms with Crippen molar-refractivity contribution in [2.75, 3.05) is 19.0 Å². The minimum absolute atomic E-state index is 0.390. The number of hydrogen-bond acceptors (Lipinski definition) is 4. The predicted octanol–water partition coefficient (Wildman–Crippen LogP) is 0.909. The average Bonchev–Trinajstić information content (AvgIpc) is 2.29. The maximum absolute atomic E-state index is 10.5. The fraction of sp³-hybridized carbons (Fsp3) is 0.364. The quantitative estimate of drug-likeness (QED) is 0.668. The summed E-state index contributed by atoms with van der Waals surface area (Å²) in [6.45, 7) is 0.528. The minimum Gasteiger partial charge on any atom is -0.497 e. The Kier molecular flexibility index (Phi) is 4.60. The molecule has 1 unspecified atom stereocenters. The third-order valence-corrected chi connectivity index (χ3v) is 2.19. The molecule has 0 spiro atoms. The van der Waals surface area contributed by atoms with Gasteiger partial charge < -0.3 is 20.9 Å². The van der Waals surface area contributed by atoms with E-state index in [0.29, 0.717) is 13.0 Å². The molecule has 0 bridgehead atoms. The van der Waals surface area contributed by atoms with Gasteiger partial charge >= 0.3 is 5.97 Å². The number of methoxy groups -OCH3 is 1. The van der Waals surface area contributed by atoms with Crippen LogP contribution in [-0.2, 0) is 4.79 Å². The highest BCUT2D eigenvalue weighted by atomic mass is 16.5. The Labute approximate surface area is 94.2 Å². The van der Waals surface area contributed by atoms with E-state index in [0.717, 1.165) is 11.4 Å². The summed E-state index contributed by atoms with van der Waals surface area (Å²) in [5.74, 6) is -0.190. The van der Waals surface area contributed by atoms with Crippen LogP contribution in [0.15, 0.2) is 24.3 Å². The molecule has 0 aliphatic carbocycles. The zero-order valence-corrected chi connectivity index (χ0v) is 9.14. The number of benzene rings is 1. The Hall–Kier alpha value is -1.75. The largest absolute Gasteiger partial charge is 0.497 e. The van der Waals surface area contributed by atoms with Gasteiger partial charge in [-0.1, -0.05) is 0 Å². The number of hydrogen-bond donors (Lipinski definition) is 3. The van der Waals surface area contributed by atoms with Crippen molar-refractivity contribution in [3.05, 3.63) is 24.3 Å². The van der Waals surface area contributed by atoms with Crippen LogP contribution in [0.2, 0.25) is 0 Å². The number of nitrogens with two attached hydrogens (primary N) is 1. The van der Waals surface area contributed by atoms with Crippen molar-refractivity contribution in [1.82, 2.24) is 0 Å². The van der Waals surface area contributed by atoms with E-state index in [2.05, 4.69) is 5.32 Å². The maximum atomic E-state index is 10.5. The lowest BCUT2D eigenvalue weighted by Gasteiger charge is -2.09. The summed E-state index contributed by atoms with van der Waals surface area (Å²) in [6.07, 6.45) is 0.390. The third kappa shape index (κ3) is 3.78. The number of anilines is 1. The molecule has 0 radical (unpaired) electrons. The SMILES string of the molecule is COc1ccc(NCCC(N)C(=O)O)cc1. The van der Waals surface area contributed by atoms with E-state index in [-0.39, 0.29) is 0 Å². The van der Waals surface area contributed by atoms with Crippen molar-refractivity contribution in [3.8, 4) is 5.75 Å². The van der Waals surface area contributed by atoms with Crippen LogP contribution in [-0.4, -0.2) is 30.8 Å². The van der Waals surface area contributed by atoms with E-state index >= 15 is 0 Å². The van der Waals surface area contributed by atoms with Crippen LogP contribution in [0.5, 0.6) is 5.75 Å². The first-order valence-corrected chi connectivity index (χ1v) is 5.00. The normalized spacial score (nSPS) is 11.9. The second kappa shape index (κ2) is 5.97. The number of aliphatic carboxylic acids is 1. The van der Waals surface area contributed by atoms with Gasteiger partial charge in [0.15, 0.2) is 0 Å². The molecular formula is C11H16N2O3. The van der Waals surface area contributed by atoms with Gasteiger partial charge in [-0.05, 0) is 30.7 Å². The fourth-order valence-corrected chi connectivity index (χ4v) is 1.20. The van der Waals surface area contributed by atoms with Gasteiger partial charge in [0.1, 0.15) is 11.8 Å². The van der Waals surface area contributed by atoms with E-state index in [1.165, 1.54) is 0 Å². The van der Waals surface area contributed by atoms with E-state index < -0.39 is 12.0 Å². The van der Waals surface area contributed by atoms with Crippen LogP contribution in [0, 0.1) is 0 Å². The zero-order valence-electron chi connectivity index (χ0n) is 9.14. The monoisotopic (exact) mass is 224 g/mol. The van der Waals surface area contributed by atoms with E-state index in [9.17, 15) is 4.79 Å². The smallest absolute Gasteiger partial charge is 0.320 e. The molecule has 0 aliphatic heterocycles. The minimum atomic E-state index is -0.975. The average molecular weight is 224 g/mol. The standard InChI is InChI=1S/C11H16N2O3/c1-16-9-4-2-8(3-5-9)13-7-6-10(12)11(14)15/h2-5,10,13H,6-7,12H2,1H3,(H,14,15). The number of carboxylic acid groups (broad SMARTS) is 1. The number of carboxylic acids is 1. The van der Waals surface area contributed by atoms with Crippen LogP contribution in [0.4, 0.5) is 5.69 Å². The lowest BCUT2D eigenvalue weighted by Crippen LogP contribution is -2.32. The highest BCUT2D eigenvalue weighted by Crippen LogP contribution is 2.14. The summed E-state index contributed by atoms with van der Waals surface area (Å²) in [5, 5.41) is 11.7. The molecule has 1 aromatic rings. The molecule has 1 atom stereocenters. The number of ether oxygens (including phenoxy) is 1. The molecule has 1 rings (SSSR count). The fourth-order valence-electron chi connectivity index (χ4n) is 1.20. The summed E-state index contributed by atoms with van der Waals surface area (Å²) in [7, 11) is 1.61. The Morgan fingerprint density at radius 1 is 1.50 bits per heavy atom. The molecule has 5 nitrogen and oxygen atoms in total. The van der Waals surface area contributed by atoms with Gasteiger partial charge in [-0.15, -0.1) is 0 Å². The molecule has 0 aliphatic rings. The van der Waals surface area contributed by atoms with Gasteiger partial charge in [0.05, 0.1) is 7.11 Å². The van der Waals surface area contributed by atoms with Crippen LogP contribution < -0.4 is 15.8 Å². The number of rotatable bonds is 6. The van der Waals surface area contributed by atoms with Gasteiger partial charge in [0.2, 0.25) is 0 Å². The Bertz CT molecular complexity index is 338. The molecule has 4 N–H and O–H groups in total. The summed E-state index contributed by atoms with van der Waals surface area (Å²) in [5.41, 5.74) is 6.28. The highest BCUT2D eigenvalue weighted by molar-refractivity contribution is 5.73. The lowest BCUT2D eigenvalue weighted by atomic mass is 10.2. The molecule has 0 saturated heterocycles. The molecular weight excluding hydrogens is 208 g/mol. The van der Waals surface area contributed by atoms with Crippen LogP contribution >= 0.6 is 0 Å². The molecule has 0 saturated carbocycles. The Morgan fingerprint density at radius 2 is 2.12 bits per heavy atom. The van der Waals surface area contributed by atoms with Crippen LogP contribution in [0.25, 0.3) is 0 Å². The van der Waals surface area contributed by atoms with Crippen molar-refractivity contribution < 1.29 is 14.6 Å². The van der Waals surface area contributed by atoms with E-state index in [1.54, 1.807) is 7.11 Å². The van der Waals surface area contributed by atoms with E-state index in [4.69, 9.17) is 15.6 Å². The van der Waals surface area contributed by atoms with Crippen molar-refractivity contribution in [3.63, 3.8) is 0 Å². The van der Waals surface area contributed by atoms with Crippen molar-refractivity contribution in [1.29, 1.82) is 0 Å². The van der Waals surface area contributed by atoms with Crippen LogP contribution in [0.3, 0.4) is 0 Å². The van der Waals surface area contributed by atoms with Gasteiger partial charge in [-0.3, -0.25) is 4.79 Å². The lowest BCUT2D eigenvalue weighted by molar-refractivity contribution is -0.138. The number of nitrogens with one attached hydrogen (secondary N) is 1. The predicted molar refractivity (Wildman–Crippen MR) is 61.7 cm³/mol. The Balaban J connectivity index is 2.34. The molecule has 0 aromatic heterocycles. The zero-order chi connectivity index (χ0) is 12.0. The van der Waals surface area contributed by atoms with Gasteiger partial charge in [-0.25, -0.2) is 0 Å².